The number of hydrogen-bond acceptors (Lipinski definition) is 5. The van der Waals surface area contributed by atoms with E-state index in [1.54, 1.807) is 12.1 Å². The lowest BCUT2D eigenvalue weighted by Gasteiger charge is -2.26. The molecule has 0 spiro atoms. The maximum absolute atomic E-state index is 13.3. The van der Waals surface area contributed by atoms with Gasteiger partial charge in [0.05, 0.1) is 12.8 Å². The average molecular weight is 495 g/mol. The number of fused-ring (bicyclic) bond motifs is 1. The van der Waals surface area contributed by atoms with E-state index in [0.717, 1.165) is 61.0 Å². The van der Waals surface area contributed by atoms with Gasteiger partial charge in [0.2, 0.25) is 10.0 Å². The summed E-state index contributed by atoms with van der Waals surface area (Å²) in [6, 6.07) is 12.8. The normalized spacial score (nSPS) is 16.2. The van der Waals surface area contributed by atoms with Crippen LogP contribution in [-0.4, -0.2) is 48.6 Å². The molecule has 0 radical (unpaired) electrons. The summed E-state index contributed by atoms with van der Waals surface area (Å²) in [7, 11) is -2.29. The number of nitrogens with zero attached hydrogens (tertiary/aromatic N) is 3. The summed E-state index contributed by atoms with van der Waals surface area (Å²) in [6.07, 6.45) is 5.34. The molecule has 3 aromatic rings. The zero-order valence-electron chi connectivity index (χ0n) is 20.1. The molecule has 1 aliphatic heterocycles. The molecule has 1 amide bonds. The standard InChI is InChI=1S/C26H30N4O4S/c1-18-9-12-20(13-10-18)30-22-8-6-7-21(22)25(28-30)26(31)27-19-11-14-23(34-2)24(17-19)35(32,33)29-15-4-3-5-16-29/h9-14,17H,3-8,15-16H2,1-2H3,(H,27,31). The molecule has 35 heavy (non-hydrogen) atoms. The fourth-order valence-corrected chi connectivity index (χ4v) is 6.61. The van der Waals surface area contributed by atoms with E-state index in [9.17, 15) is 13.2 Å². The number of benzene rings is 2. The van der Waals surface area contributed by atoms with Crippen molar-refractivity contribution in [3.05, 3.63) is 65.0 Å². The Balaban J connectivity index is 1.45. The highest BCUT2D eigenvalue weighted by Crippen LogP contribution is 2.32. The second kappa shape index (κ2) is 9.47. The summed E-state index contributed by atoms with van der Waals surface area (Å²) in [5, 5.41) is 7.53. The number of aryl methyl sites for hydroxylation is 1. The summed E-state index contributed by atoms with van der Waals surface area (Å²) in [4.78, 5) is 13.4. The van der Waals surface area contributed by atoms with Crippen LogP contribution in [0.5, 0.6) is 5.75 Å². The van der Waals surface area contributed by atoms with Gasteiger partial charge in [0.25, 0.3) is 5.91 Å². The molecule has 0 saturated carbocycles. The van der Waals surface area contributed by atoms with Gasteiger partial charge in [-0.3, -0.25) is 4.79 Å². The number of carbonyl (C=O) groups is 1. The monoisotopic (exact) mass is 494 g/mol. The number of piperidine rings is 1. The van der Waals surface area contributed by atoms with Gasteiger partial charge in [-0.05, 0) is 69.4 Å². The first-order valence-corrected chi connectivity index (χ1v) is 13.5. The van der Waals surface area contributed by atoms with Crippen LogP contribution in [0.25, 0.3) is 5.69 Å². The third kappa shape index (κ3) is 4.46. The van der Waals surface area contributed by atoms with E-state index in [1.807, 2.05) is 35.9 Å². The van der Waals surface area contributed by atoms with Crippen LogP contribution in [0.15, 0.2) is 47.4 Å². The van der Waals surface area contributed by atoms with E-state index in [4.69, 9.17) is 4.74 Å². The molecule has 1 fully saturated rings. The van der Waals surface area contributed by atoms with Gasteiger partial charge >= 0.3 is 0 Å². The van der Waals surface area contributed by atoms with Crippen LogP contribution >= 0.6 is 0 Å². The molecule has 2 aromatic carbocycles. The SMILES string of the molecule is COc1ccc(NC(=O)c2nn(-c3ccc(C)cc3)c3c2CCC3)cc1S(=O)(=O)N1CCCCC1. The molecule has 1 saturated heterocycles. The van der Waals surface area contributed by atoms with Crippen LogP contribution in [0.1, 0.15) is 53.0 Å². The lowest BCUT2D eigenvalue weighted by atomic mass is 10.2. The molecule has 184 valence electrons. The van der Waals surface area contributed by atoms with Crippen molar-refractivity contribution in [1.29, 1.82) is 0 Å². The van der Waals surface area contributed by atoms with Crippen molar-refractivity contribution in [2.24, 2.45) is 0 Å². The minimum absolute atomic E-state index is 0.0649. The Kier molecular flexibility index (Phi) is 6.37. The van der Waals surface area contributed by atoms with Gasteiger partial charge in [0.1, 0.15) is 10.6 Å². The number of ether oxygens (including phenoxy) is 1. The maximum Gasteiger partial charge on any atom is 0.276 e. The maximum atomic E-state index is 13.3. The highest BCUT2D eigenvalue weighted by molar-refractivity contribution is 7.89. The molecule has 1 aromatic heterocycles. The number of anilines is 1. The summed E-state index contributed by atoms with van der Waals surface area (Å²) < 4.78 is 35.4. The minimum Gasteiger partial charge on any atom is -0.495 e. The van der Waals surface area contributed by atoms with E-state index in [2.05, 4.69) is 10.4 Å². The van der Waals surface area contributed by atoms with Crippen LogP contribution in [0, 0.1) is 6.92 Å². The molecular weight excluding hydrogens is 464 g/mol. The predicted molar refractivity (Wildman–Crippen MR) is 134 cm³/mol. The fourth-order valence-electron chi connectivity index (χ4n) is 4.91. The molecule has 0 atom stereocenters. The Morgan fingerprint density at radius 2 is 1.74 bits per heavy atom. The Morgan fingerprint density at radius 3 is 2.46 bits per heavy atom. The van der Waals surface area contributed by atoms with Crippen LogP contribution in [0.2, 0.25) is 0 Å². The quantitative estimate of drug-likeness (QED) is 0.557. The summed E-state index contributed by atoms with van der Waals surface area (Å²) in [6.45, 7) is 3.01. The molecule has 0 unspecified atom stereocenters. The largest absolute Gasteiger partial charge is 0.495 e. The van der Waals surface area contributed by atoms with Crippen molar-refractivity contribution in [3.63, 3.8) is 0 Å². The number of nitrogens with one attached hydrogen (secondary N) is 1. The third-order valence-electron chi connectivity index (χ3n) is 6.78. The topological polar surface area (TPSA) is 93.5 Å². The number of hydrogen-bond donors (Lipinski definition) is 1. The van der Waals surface area contributed by atoms with Crippen molar-refractivity contribution in [2.45, 2.75) is 50.3 Å². The van der Waals surface area contributed by atoms with E-state index in [1.165, 1.54) is 17.5 Å². The molecule has 2 aliphatic rings. The van der Waals surface area contributed by atoms with Gasteiger partial charge in [-0.25, -0.2) is 13.1 Å². The Hall–Kier alpha value is -3.17. The van der Waals surface area contributed by atoms with Gasteiger partial charge in [0.15, 0.2) is 5.69 Å². The first kappa shape index (κ1) is 23.6. The average Bonchev–Trinajstić information content (AvgIpc) is 3.48. The molecule has 1 N–H and O–H groups in total. The Labute approximate surface area is 206 Å². The van der Waals surface area contributed by atoms with E-state index in [0.29, 0.717) is 24.5 Å². The minimum atomic E-state index is -3.74. The molecular formula is C26H30N4O4S. The van der Waals surface area contributed by atoms with Crippen LogP contribution < -0.4 is 10.1 Å². The van der Waals surface area contributed by atoms with Crippen molar-refractivity contribution >= 4 is 21.6 Å². The van der Waals surface area contributed by atoms with Crippen LogP contribution in [0.3, 0.4) is 0 Å². The van der Waals surface area contributed by atoms with Gasteiger partial charge in [-0.1, -0.05) is 24.1 Å². The van der Waals surface area contributed by atoms with Gasteiger partial charge < -0.3 is 10.1 Å². The van der Waals surface area contributed by atoms with Gasteiger partial charge in [0, 0.05) is 30.0 Å². The number of amides is 1. The second-order valence-corrected chi connectivity index (χ2v) is 11.1. The molecule has 8 nitrogen and oxygen atoms in total. The van der Waals surface area contributed by atoms with Crippen molar-refractivity contribution in [3.8, 4) is 11.4 Å². The van der Waals surface area contributed by atoms with Crippen molar-refractivity contribution in [1.82, 2.24) is 14.1 Å². The highest BCUT2D eigenvalue weighted by Gasteiger charge is 2.30. The van der Waals surface area contributed by atoms with E-state index < -0.39 is 10.0 Å². The molecule has 2 heterocycles. The lowest BCUT2D eigenvalue weighted by Crippen LogP contribution is -2.35. The van der Waals surface area contributed by atoms with Crippen LogP contribution in [0.4, 0.5) is 5.69 Å². The number of sulfonamides is 1. The zero-order chi connectivity index (χ0) is 24.6. The van der Waals surface area contributed by atoms with Crippen molar-refractivity contribution in [2.75, 3.05) is 25.5 Å². The number of carbonyl (C=O) groups excluding carboxylic acids is 1. The lowest BCUT2D eigenvalue weighted by molar-refractivity contribution is 0.102. The van der Waals surface area contributed by atoms with Crippen molar-refractivity contribution < 1.29 is 17.9 Å². The van der Waals surface area contributed by atoms with E-state index in [-0.39, 0.29) is 16.6 Å². The Morgan fingerprint density at radius 1 is 1.00 bits per heavy atom. The zero-order valence-corrected chi connectivity index (χ0v) is 20.9. The van der Waals surface area contributed by atoms with Gasteiger partial charge in [-0.2, -0.15) is 9.40 Å². The molecule has 5 rings (SSSR count). The molecule has 0 bridgehead atoms. The summed E-state index contributed by atoms with van der Waals surface area (Å²) >= 11 is 0. The summed E-state index contributed by atoms with van der Waals surface area (Å²) in [5.74, 6) is -0.0846. The van der Waals surface area contributed by atoms with E-state index >= 15 is 0 Å². The highest BCUT2D eigenvalue weighted by atomic mass is 32.2. The number of methoxy groups -OCH3 is 1. The second-order valence-electron chi connectivity index (χ2n) is 9.16. The number of rotatable bonds is 6. The molecule has 9 heteroatoms. The number of aromatic nitrogens is 2. The smallest absolute Gasteiger partial charge is 0.276 e. The van der Waals surface area contributed by atoms with Gasteiger partial charge in [-0.15, -0.1) is 0 Å². The third-order valence-corrected chi connectivity index (χ3v) is 8.70. The first-order valence-electron chi connectivity index (χ1n) is 12.1. The fraction of sp³-hybridized carbons (Fsp3) is 0.385. The molecule has 1 aliphatic carbocycles. The Bertz CT molecular complexity index is 1360. The summed E-state index contributed by atoms with van der Waals surface area (Å²) in [5.41, 5.74) is 4.87. The first-order chi connectivity index (χ1) is 16.9. The predicted octanol–water partition coefficient (Wildman–Crippen LogP) is 4.10. The van der Waals surface area contributed by atoms with Crippen LogP contribution in [-0.2, 0) is 22.9 Å².